The number of nitrogens with one attached hydrogen (secondary N) is 1. The molecule has 0 bridgehead atoms. The molecule has 0 unspecified atom stereocenters. The van der Waals surface area contributed by atoms with Gasteiger partial charge in [0.1, 0.15) is 11.5 Å². The van der Waals surface area contributed by atoms with Crippen molar-refractivity contribution in [3.8, 4) is 11.6 Å². The SMILES string of the molecule is CN(C)CCc1cccc2[nH]c(-c3ncc(CCc4ccc(Cl)cc4)o3)cc12. The Morgan fingerprint density at radius 2 is 1.86 bits per heavy atom. The number of halogens is 1. The normalized spacial score (nSPS) is 11.6. The van der Waals surface area contributed by atoms with Gasteiger partial charge in [-0.05, 0) is 62.3 Å². The summed E-state index contributed by atoms with van der Waals surface area (Å²) in [5.74, 6) is 1.53. The van der Waals surface area contributed by atoms with Crippen molar-refractivity contribution in [2.45, 2.75) is 19.3 Å². The van der Waals surface area contributed by atoms with Crippen LogP contribution in [0.2, 0.25) is 5.02 Å². The molecule has 0 radical (unpaired) electrons. The van der Waals surface area contributed by atoms with Gasteiger partial charge in [0.2, 0.25) is 5.89 Å². The molecule has 0 amide bonds. The second-order valence-corrected chi connectivity index (χ2v) is 7.81. The van der Waals surface area contributed by atoms with Gasteiger partial charge in [-0.2, -0.15) is 0 Å². The lowest BCUT2D eigenvalue weighted by molar-refractivity contribution is 0.414. The van der Waals surface area contributed by atoms with E-state index in [0.29, 0.717) is 5.89 Å². The van der Waals surface area contributed by atoms with Gasteiger partial charge in [0.15, 0.2) is 0 Å². The Hall–Kier alpha value is -2.56. The zero-order chi connectivity index (χ0) is 19.5. The van der Waals surface area contributed by atoms with Crippen LogP contribution >= 0.6 is 11.6 Å². The number of likely N-dealkylation sites (N-methyl/N-ethyl adjacent to an activating group) is 1. The summed E-state index contributed by atoms with van der Waals surface area (Å²) >= 11 is 5.95. The van der Waals surface area contributed by atoms with Crippen molar-refractivity contribution in [3.05, 3.63) is 76.6 Å². The highest BCUT2D eigenvalue weighted by Gasteiger charge is 2.12. The van der Waals surface area contributed by atoms with Gasteiger partial charge in [0.05, 0.1) is 6.20 Å². The topological polar surface area (TPSA) is 45.1 Å². The van der Waals surface area contributed by atoms with Crippen LogP contribution in [0.1, 0.15) is 16.9 Å². The summed E-state index contributed by atoms with van der Waals surface area (Å²) in [6.07, 6.45) is 4.54. The highest BCUT2D eigenvalue weighted by molar-refractivity contribution is 6.30. The fraction of sp³-hybridized carbons (Fsp3) is 0.261. The fourth-order valence-corrected chi connectivity index (χ4v) is 3.49. The third kappa shape index (κ3) is 4.29. The lowest BCUT2D eigenvalue weighted by Crippen LogP contribution is -2.15. The van der Waals surface area contributed by atoms with Crippen LogP contribution < -0.4 is 0 Å². The summed E-state index contributed by atoms with van der Waals surface area (Å²) in [6, 6.07) is 16.5. The number of fused-ring (bicyclic) bond motifs is 1. The first-order chi connectivity index (χ1) is 13.6. The minimum absolute atomic E-state index is 0.640. The molecule has 0 aliphatic rings. The summed E-state index contributed by atoms with van der Waals surface area (Å²) in [4.78, 5) is 10.1. The van der Waals surface area contributed by atoms with Gasteiger partial charge in [-0.1, -0.05) is 35.9 Å². The molecule has 4 aromatic rings. The molecule has 0 fully saturated rings. The van der Waals surface area contributed by atoms with Gasteiger partial charge >= 0.3 is 0 Å². The van der Waals surface area contributed by atoms with Crippen LogP contribution in [0.3, 0.4) is 0 Å². The largest absolute Gasteiger partial charge is 0.440 e. The van der Waals surface area contributed by atoms with Crippen LogP contribution in [-0.2, 0) is 19.3 Å². The fourth-order valence-electron chi connectivity index (χ4n) is 3.36. The number of aryl methyl sites for hydroxylation is 2. The van der Waals surface area contributed by atoms with Gasteiger partial charge in [-0.15, -0.1) is 0 Å². The van der Waals surface area contributed by atoms with Crippen molar-refractivity contribution in [1.82, 2.24) is 14.9 Å². The maximum atomic E-state index is 6.01. The van der Waals surface area contributed by atoms with Crippen molar-refractivity contribution < 1.29 is 4.42 Å². The molecule has 0 saturated carbocycles. The van der Waals surface area contributed by atoms with Gasteiger partial charge < -0.3 is 14.3 Å². The average Bonchev–Trinajstić information content (AvgIpc) is 3.32. The number of oxazole rings is 1. The first-order valence-electron chi connectivity index (χ1n) is 9.53. The van der Waals surface area contributed by atoms with E-state index in [-0.39, 0.29) is 0 Å². The highest BCUT2D eigenvalue weighted by atomic mass is 35.5. The first kappa shape index (κ1) is 18.8. The summed E-state index contributed by atoms with van der Waals surface area (Å²) in [7, 11) is 4.20. The van der Waals surface area contributed by atoms with Crippen LogP contribution in [-0.4, -0.2) is 35.5 Å². The number of hydrogen-bond acceptors (Lipinski definition) is 3. The summed E-state index contributed by atoms with van der Waals surface area (Å²) in [5.41, 5.74) is 4.61. The maximum Gasteiger partial charge on any atom is 0.243 e. The Labute approximate surface area is 170 Å². The third-order valence-corrected chi connectivity index (χ3v) is 5.19. The molecular formula is C23H24ClN3O. The van der Waals surface area contributed by atoms with Crippen LogP contribution in [0.15, 0.2) is 59.1 Å². The van der Waals surface area contributed by atoms with Gasteiger partial charge in [-0.3, -0.25) is 0 Å². The summed E-state index contributed by atoms with van der Waals surface area (Å²) < 4.78 is 6.01. The molecule has 2 aromatic heterocycles. The second-order valence-electron chi connectivity index (χ2n) is 7.37. The molecule has 4 nitrogen and oxygen atoms in total. The molecule has 1 N–H and O–H groups in total. The van der Waals surface area contributed by atoms with E-state index in [1.807, 2.05) is 30.5 Å². The molecule has 144 valence electrons. The molecule has 2 heterocycles. The number of nitrogens with zero attached hydrogens (tertiary/aromatic N) is 2. The molecular weight excluding hydrogens is 370 g/mol. The van der Waals surface area contributed by atoms with Crippen LogP contribution in [0, 0.1) is 0 Å². The van der Waals surface area contributed by atoms with Crippen molar-refractivity contribution in [2.24, 2.45) is 0 Å². The Bertz CT molecular complexity index is 1060. The predicted molar refractivity (Wildman–Crippen MR) is 115 cm³/mol. The van der Waals surface area contributed by atoms with Crippen LogP contribution in [0.5, 0.6) is 0 Å². The summed E-state index contributed by atoms with van der Waals surface area (Å²) in [6.45, 7) is 1.02. The van der Waals surface area contributed by atoms with E-state index in [1.54, 1.807) is 0 Å². The van der Waals surface area contributed by atoms with E-state index in [9.17, 15) is 0 Å². The minimum atomic E-state index is 0.640. The minimum Gasteiger partial charge on any atom is -0.440 e. The molecule has 0 aliphatic carbocycles. The maximum absolute atomic E-state index is 6.01. The van der Waals surface area contributed by atoms with E-state index < -0.39 is 0 Å². The van der Waals surface area contributed by atoms with Gasteiger partial charge in [-0.25, -0.2) is 4.98 Å². The van der Waals surface area contributed by atoms with Crippen LogP contribution in [0.25, 0.3) is 22.5 Å². The van der Waals surface area contributed by atoms with E-state index >= 15 is 0 Å². The predicted octanol–water partition coefficient (Wildman–Crippen LogP) is 5.37. The van der Waals surface area contributed by atoms with Gasteiger partial charge in [0.25, 0.3) is 0 Å². The monoisotopic (exact) mass is 393 g/mol. The number of hydrogen-bond donors (Lipinski definition) is 1. The first-order valence-corrected chi connectivity index (χ1v) is 9.91. The Balaban J connectivity index is 1.50. The molecule has 4 rings (SSSR count). The van der Waals surface area contributed by atoms with Crippen LogP contribution in [0.4, 0.5) is 0 Å². The number of aromatic nitrogens is 2. The zero-order valence-electron chi connectivity index (χ0n) is 16.2. The lowest BCUT2D eigenvalue weighted by Gasteiger charge is -2.09. The Morgan fingerprint density at radius 3 is 2.64 bits per heavy atom. The van der Waals surface area contributed by atoms with Crippen molar-refractivity contribution in [2.75, 3.05) is 20.6 Å². The lowest BCUT2D eigenvalue weighted by atomic mass is 10.1. The quantitative estimate of drug-likeness (QED) is 0.459. The molecule has 5 heteroatoms. The number of aromatic amines is 1. The molecule has 0 saturated heterocycles. The van der Waals surface area contributed by atoms with E-state index in [2.05, 4.69) is 53.2 Å². The van der Waals surface area contributed by atoms with Crippen molar-refractivity contribution >= 4 is 22.5 Å². The zero-order valence-corrected chi connectivity index (χ0v) is 17.0. The summed E-state index contributed by atoms with van der Waals surface area (Å²) in [5, 5.41) is 2.00. The molecule has 0 atom stereocenters. The van der Waals surface area contributed by atoms with Gasteiger partial charge in [0, 0.05) is 28.9 Å². The van der Waals surface area contributed by atoms with Crippen molar-refractivity contribution in [1.29, 1.82) is 0 Å². The number of benzene rings is 2. The third-order valence-electron chi connectivity index (χ3n) is 4.94. The average molecular weight is 394 g/mol. The number of H-pyrrole nitrogens is 1. The van der Waals surface area contributed by atoms with E-state index in [0.717, 1.165) is 47.8 Å². The highest BCUT2D eigenvalue weighted by Crippen LogP contribution is 2.27. The number of rotatable bonds is 7. The van der Waals surface area contributed by atoms with Crippen molar-refractivity contribution in [3.63, 3.8) is 0 Å². The Kier molecular flexibility index (Phi) is 5.51. The molecule has 28 heavy (non-hydrogen) atoms. The smallest absolute Gasteiger partial charge is 0.243 e. The standard InChI is InChI=1S/C23H24ClN3O/c1-27(2)13-12-17-4-3-5-21-20(17)14-22(26-21)23-25-15-19(28-23)11-8-16-6-9-18(24)10-7-16/h3-7,9-10,14-15,26H,8,11-13H2,1-2H3. The Morgan fingerprint density at radius 1 is 1.04 bits per heavy atom. The second kappa shape index (κ2) is 8.21. The molecule has 0 spiro atoms. The van der Waals surface area contributed by atoms with E-state index in [4.69, 9.17) is 16.0 Å². The van der Waals surface area contributed by atoms with E-state index in [1.165, 1.54) is 16.5 Å². The molecule has 2 aromatic carbocycles. The molecule has 0 aliphatic heterocycles.